The predicted molar refractivity (Wildman–Crippen MR) is 109 cm³/mol. The Kier molecular flexibility index (Phi) is 6.68. The maximum atomic E-state index is 12.7. The Labute approximate surface area is 169 Å². The van der Waals surface area contributed by atoms with Crippen molar-refractivity contribution >= 4 is 5.91 Å². The Hall–Kier alpha value is -1.40. The van der Waals surface area contributed by atoms with Crippen LogP contribution in [0.1, 0.15) is 63.6 Å². The average molecular weight is 389 g/mol. The number of imidazole rings is 1. The average Bonchev–Trinajstić information content (AvgIpc) is 3.18. The van der Waals surface area contributed by atoms with Crippen LogP contribution in [0.25, 0.3) is 0 Å². The van der Waals surface area contributed by atoms with E-state index < -0.39 is 0 Å². The van der Waals surface area contributed by atoms with Crippen molar-refractivity contribution in [2.24, 2.45) is 5.92 Å². The molecular formula is C22H36N4O2. The van der Waals surface area contributed by atoms with Gasteiger partial charge in [0.15, 0.2) is 0 Å². The van der Waals surface area contributed by atoms with Gasteiger partial charge in [0.05, 0.1) is 13.2 Å². The molecule has 1 aromatic rings. The normalized spacial score (nSPS) is 23.5. The van der Waals surface area contributed by atoms with Crippen molar-refractivity contribution in [3.05, 3.63) is 18.2 Å². The van der Waals surface area contributed by atoms with Gasteiger partial charge in [0.25, 0.3) is 0 Å². The molecule has 3 fully saturated rings. The largest absolute Gasteiger partial charge is 0.379 e. The highest BCUT2D eigenvalue weighted by atomic mass is 16.5. The van der Waals surface area contributed by atoms with Gasteiger partial charge >= 0.3 is 0 Å². The molecule has 0 unspecified atom stereocenters. The lowest BCUT2D eigenvalue weighted by Gasteiger charge is -2.34. The second-order valence-corrected chi connectivity index (χ2v) is 8.93. The number of likely N-dealkylation sites (tertiary alicyclic amines) is 1. The smallest absolute Gasteiger partial charge is 0.222 e. The van der Waals surface area contributed by atoms with Gasteiger partial charge in [-0.3, -0.25) is 9.69 Å². The summed E-state index contributed by atoms with van der Waals surface area (Å²) in [6, 6.07) is 0.462. The Balaban J connectivity index is 1.21. The standard InChI is InChI=1S/C22H36N4O2/c1-18(24-13-15-28-16-14-24)5-6-21(27)25-10-7-20(8-11-25)22-23-9-12-26(22)17-19-3-2-4-19/h9,12,18-20H,2-8,10-11,13-17H2,1H3/t18-/m1/s1. The van der Waals surface area contributed by atoms with Crippen LogP contribution in [0, 0.1) is 5.92 Å². The number of ether oxygens (including phenoxy) is 1. The van der Waals surface area contributed by atoms with Gasteiger partial charge in [-0.2, -0.15) is 0 Å². The zero-order chi connectivity index (χ0) is 19.3. The zero-order valence-electron chi connectivity index (χ0n) is 17.4. The fourth-order valence-corrected chi connectivity index (χ4v) is 4.87. The van der Waals surface area contributed by atoms with Gasteiger partial charge in [-0.15, -0.1) is 0 Å². The number of carbonyl (C=O) groups is 1. The molecule has 2 aliphatic heterocycles. The van der Waals surface area contributed by atoms with Crippen LogP contribution in [-0.2, 0) is 16.1 Å². The monoisotopic (exact) mass is 388 g/mol. The van der Waals surface area contributed by atoms with E-state index in [9.17, 15) is 4.79 Å². The third kappa shape index (κ3) is 4.77. The minimum absolute atomic E-state index is 0.330. The van der Waals surface area contributed by atoms with Crippen molar-refractivity contribution in [1.29, 1.82) is 0 Å². The minimum Gasteiger partial charge on any atom is -0.379 e. The molecule has 1 atom stereocenters. The molecule has 6 heteroatoms. The van der Waals surface area contributed by atoms with Crippen molar-refractivity contribution in [3.63, 3.8) is 0 Å². The number of rotatable bonds is 7. The molecule has 0 spiro atoms. The molecular weight excluding hydrogens is 352 g/mol. The quantitative estimate of drug-likeness (QED) is 0.721. The molecule has 6 nitrogen and oxygen atoms in total. The summed E-state index contributed by atoms with van der Waals surface area (Å²) in [6.45, 7) is 8.77. The first-order chi connectivity index (χ1) is 13.7. The molecule has 1 aromatic heterocycles. The van der Waals surface area contributed by atoms with E-state index >= 15 is 0 Å². The molecule has 1 amide bonds. The molecule has 3 heterocycles. The zero-order valence-corrected chi connectivity index (χ0v) is 17.4. The number of nitrogens with zero attached hydrogens (tertiary/aromatic N) is 4. The van der Waals surface area contributed by atoms with Crippen LogP contribution >= 0.6 is 0 Å². The van der Waals surface area contributed by atoms with Gasteiger partial charge in [0, 0.05) is 63.5 Å². The first-order valence-corrected chi connectivity index (χ1v) is 11.3. The number of hydrogen-bond donors (Lipinski definition) is 0. The third-order valence-electron chi connectivity index (χ3n) is 7.09. The van der Waals surface area contributed by atoms with Gasteiger partial charge in [0.2, 0.25) is 5.91 Å². The first-order valence-electron chi connectivity index (χ1n) is 11.3. The maximum Gasteiger partial charge on any atom is 0.222 e. The van der Waals surface area contributed by atoms with Gasteiger partial charge in [0.1, 0.15) is 5.82 Å². The molecule has 4 rings (SSSR count). The van der Waals surface area contributed by atoms with E-state index in [1.54, 1.807) is 0 Å². The van der Waals surface area contributed by atoms with Crippen LogP contribution in [0.4, 0.5) is 0 Å². The molecule has 28 heavy (non-hydrogen) atoms. The molecule has 2 saturated heterocycles. The number of morpholine rings is 1. The molecule has 0 bridgehead atoms. The van der Waals surface area contributed by atoms with Gasteiger partial charge in [-0.1, -0.05) is 6.42 Å². The lowest BCUT2D eigenvalue weighted by atomic mass is 9.85. The van der Waals surface area contributed by atoms with E-state index in [4.69, 9.17) is 4.74 Å². The van der Waals surface area contributed by atoms with Crippen LogP contribution in [-0.4, -0.2) is 70.7 Å². The summed E-state index contributed by atoms with van der Waals surface area (Å²) in [5.41, 5.74) is 0. The van der Waals surface area contributed by atoms with Gasteiger partial charge in [-0.05, 0) is 44.9 Å². The molecule has 0 radical (unpaired) electrons. The fourth-order valence-electron chi connectivity index (χ4n) is 4.87. The van der Waals surface area contributed by atoms with Gasteiger partial charge in [-0.25, -0.2) is 4.98 Å². The number of carbonyl (C=O) groups excluding carboxylic acids is 1. The highest BCUT2D eigenvalue weighted by Gasteiger charge is 2.28. The number of piperidine rings is 1. The summed E-state index contributed by atoms with van der Waals surface area (Å²) in [7, 11) is 0. The highest BCUT2D eigenvalue weighted by molar-refractivity contribution is 5.76. The van der Waals surface area contributed by atoms with Crippen molar-refractivity contribution < 1.29 is 9.53 Å². The summed E-state index contributed by atoms with van der Waals surface area (Å²) in [4.78, 5) is 21.9. The molecule has 156 valence electrons. The summed E-state index contributed by atoms with van der Waals surface area (Å²) in [5.74, 6) is 2.94. The topological polar surface area (TPSA) is 50.6 Å². The summed E-state index contributed by atoms with van der Waals surface area (Å²) >= 11 is 0. The molecule has 3 aliphatic rings. The Bertz CT molecular complexity index is 628. The summed E-state index contributed by atoms with van der Waals surface area (Å²) in [6.07, 6.45) is 11.9. The minimum atomic E-state index is 0.330. The van der Waals surface area contributed by atoms with Crippen LogP contribution in [0.3, 0.4) is 0 Å². The third-order valence-corrected chi connectivity index (χ3v) is 7.09. The number of aromatic nitrogens is 2. The van der Waals surface area contributed by atoms with E-state index in [-0.39, 0.29) is 0 Å². The number of amides is 1. The Morgan fingerprint density at radius 2 is 1.93 bits per heavy atom. The first kappa shape index (κ1) is 19.9. The van der Waals surface area contributed by atoms with Crippen LogP contribution in [0.2, 0.25) is 0 Å². The predicted octanol–water partition coefficient (Wildman–Crippen LogP) is 2.89. The maximum absolute atomic E-state index is 12.7. The van der Waals surface area contributed by atoms with E-state index in [1.807, 2.05) is 6.20 Å². The molecule has 0 N–H and O–H groups in total. The summed E-state index contributed by atoms with van der Waals surface area (Å²) in [5, 5.41) is 0. The fraction of sp³-hybridized carbons (Fsp3) is 0.818. The van der Waals surface area contributed by atoms with Crippen LogP contribution in [0.15, 0.2) is 12.4 Å². The summed E-state index contributed by atoms with van der Waals surface area (Å²) < 4.78 is 7.81. The Morgan fingerprint density at radius 3 is 2.61 bits per heavy atom. The van der Waals surface area contributed by atoms with E-state index in [2.05, 4.69) is 32.5 Å². The van der Waals surface area contributed by atoms with Crippen LogP contribution < -0.4 is 0 Å². The molecule has 1 aliphatic carbocycles. The highest BCUT2D eigenvalue weighted by Crippen LogP contribution is 2.31. The molecule has 1 saturated carbocycles. The lowest BCUT2D eigenvalue weighted by molar-refractivity contribution is -0.132. The second kappa shape index (κ2) is 9.40. The second-order valence-electron chi connectivity index (χ2n) is 8.93. The van der Waals surface area contributed by atoms with E-state index in [0.717, 1.165) is 71.1 Å². The number of hydrogen-bond acceptors (Lipinski definition) is 4. The van der Waals surface area contributed by atoms with E-state index in [0.29, 0.717) is 24.3 Å². The Morgan fingerprint density at radius 1 is 1.18 bits per heavy atom. The lowest BCUT2D eigenvalue weighted by Crippen LogP contribution is -2.43. The van der Waals surface area contributed by atoms with Gasteiger partial charge < -0.3 is 14.2 Å². The van der Waals surface area contributed by atoms with Crippen molar-refractivity contribution in [3.8, 4) is 0 Å². The van der Waals surface area contributed by atoms with Crippen LogP contribution in [0.5, 0.6) is 0 Å². The SMILES string of the molecule is C[C@H](CCC(=O)N1CCC(c2nccn2CC2CCC2)CC1)N1CCOCC1. The van der Waals surface area contributed by atoms with Crippen molar-refractivity contribution in [2.45, 2.75) is 70.4 Å². The molecule has 0 aromatic carbocycles. The van der Waals surface area contributed by atoms with E-state index in [1.165, 1.54) is 25.1 Å². The van der Waals surface area contributed by atoms with Crippen molar-refractivity contribution in [1.82, 2.24) is 19.4 Å². The van der Waals surface area contributed by atoms with Crippen molar-refractivity contribution in [2.75, 3.05) is 39.4 Å².